The first-order valence-corrected chi connectivity index (χ1v) is 9.35. The van der Waals surface area contributed by atoms with Gasteiger partial charge in [0.05, 0.1) is 0 Å². The maximum atomic E-state index is 12.7. The number of ketones is 1. The molecule has 0 radical (unpaired) electrons. The SMILES string of the molecule is CCCCNS(=O)(=O)O/N=C(/C(=O)c1ccccc1)c1ccccc1. The zero-order valence-electron chi connectivity index (χ0n) is 13.9. The highest BCUT2D eigenvalue weighted by molar-refractivity contribution is 7.84. The van der Waals surface area contributed by atoms with Crippen molar-refractivity contribution in [2.75, 3.05) is 6.54 Å². The van der Waals surface area contributed by atoms with Crippen molar-refractivity contribution >= 4 is 21.8 Å². The molecular formula is C18H20N2O4S. The summed E-state index contributed by atoms with van der Waals surface area (Å²) in [5, 5.41) is 3.64. The number of carbonyl (C=O) groups is 1. The molecule has 0 aliphatic heterocycles. The lowest BCUT2D eigenvalue weighted by Gasteiger charge is -2.07. The molecule has 0 saturated carbocycles. The van der Waals surface area contributed by atoms with Crippen molar-refractivity contribution in [1.82, 2.24) is 4.72 Å². The van der Waals surface area contributed by atoms with Gasteiger partial charge in [-0.3, -0.25) is 9.08 Å². The Morgan fingerprint density at radius 3 is 2.12 bits per heavy atom. The molecule has 0 atom stereocenters. The van der Waals surface area contributed by atoms with E-state index in [2.05, 4.69) is 14.2 Å². The van der Waals surface area contributed by atoms with Crippen LogP contribution in [0.5, 0.6) is 0 Å². The summed E-state index contributed by atoms with van der Waals surface area (Å²) in [5.41, 5.74) is 0.790. The van der Waals surface area contributed by atoms with E-state index in [1.54, 1.807) is 60.7 Å². The molecule has 0 fully saturated rings. The number of Topliss-reactive ketones (excluding diaryl/α,β-unsaturated/α-hetero) is 1. The predicted octanol–water partition coefficient (Wildman–Crippen LogP) is 2.92. The zero-order valence-corrected chi connectivity index (χ0v) is 14.7. The summed E-state index contributed by atoms with van der Waals surface area (Å²) in [4.78, 5) is 12.7. The zero-order chi connectivity index (χ0) is 18.1. The molecule has 7 heteroatoms. The van der Waals surface area contributed by atoms with Gasteiger partial charge < -0.3 is 0 Å². The molecular weight excluding hydrogens is 340 g/mol. The van der Waals surface area contributed by atoms with Gasteiger partial charge in [0, 0.05) is 17.7 Å². The molecule has 0 saturated heterocycles. The number of hydrogen-bond donors (Lipinski definition) is 1. The van der Waals surface area contributed by atoms with E-state index in [1.807, 2.05) is 6.92 Å². The normalized spacial score (nSPS) is 12.0. The molecule has 0 amide bonds. The van der Waals surface area contributed by atoms with Crippen LogP contribution in [-0.2, 0) is 14.6 Å². The van der Waals surface area contributed by atoms with E-state index in [4.69, 9.17) is 0 Å². The van der Waals surface area contributed by atoms with E-state index in [9.17, 15) is 13.2 Å². The molecule has 25 heavy (non-hydrogen) atoms. The summed E-state index contributed by atoms with van der Waals surface area (Å²) in [6, 6.07) is 17.1. The van der Waals surface area contributed by atoms with E-state index in [-0.39, 0.29) is 12.3 Å². The summed E-state index contributed by atoms with van der Waals surface area (Å²) in [5.74, 6) is -0.421. The van der Waals surface area contributed by atoms with Crippen LogP contribution in [0.25, 0.3) is 0 Å². The predicted molar refractivity (Wildman–Crippen MR) is 96.7 cm³/mol. The second-order valence-electron chi connectivity index (χ2n) is 5.28. The minimum absolute atomic E-state index is 0.0762. The number of nitrogens with one attached hydrogen (secondary N) is 1. The maximum absolute atomic E-state index is 12.7. The second kappa shape index (κ2) is 9.10. The number of carbonyl (C=O) groups excluding carboxylic acids is 1. The molecule has 0 unspecified atom stereocenters. The first-order chi connectivity index (χ1) is 12.0. The van der Waals surface area contributed by atoms with Gasteiger partial charge in [0.15, 0.2) is 5.71 Å². The summed E-state index contributed by atoms with van der Waals surface area (Å²) in [6.45, 7) is 2.20. The fourth-order valence-corrected chi connectivity index (χ4v) is 2.65. The molecule has 2 rings (SSSR count). The van der Waals surface area contributed by atoms with Crippen LogP contribution in [0.4, 0.5) is 0 Å². The number of hydrogen-bond acceptors (Lipinski definition) is 5. The van der Waals surface area contributed by atoms with Crippen molar-refractivity contribution in [2.45, 2.75) is 19.8 Å². The van der Waals surface area contributed by atoms with Crippen LogP contribution >= 0.6 is 0 Å². The fourth-order valence-electron chi connectivity index (χ4n) is 2.03. The van der Waals surface area contributed by atoms with Gasteiger partial charge in [0.25, 0.3) is 0 Å². The first-order valence-electron chi connectivity index (χ1n) is 7.95. The van der Waals surface area contributed by atoms with Crippen molar-refractivity contribution < 1.29 is 17.5 Å². The lowest BCUT2D eigenvalue weighted by Crippen LogP contribution is -2.26. The molecule has 0 heterocycles. The Hall–Kier alpha value is -2.51. The summed E-state index contributed by atoms with van der Waals surface area (Å²) in [7, 11) is -4.06. The largest absolute Gasteiger partial charge is 0.402 e. The molecule has 0 spiro atoms. The minimum atomic E-state index is -4.06. The van der Waals surface area contributed by atoms with Crippen molar-refractivity contribution in [3.05, 3.63) is 71.8 Å². The Labute approximate surface area is 147 Å². The lowest BCUT2D eigenvalue weighted by atomic mass is 10.0. The highest BCUT2D eigenvalue weighted by Gasteiger charge is 2.19. The Bertz CT molecular complexity index is 819. The fraction of sp³-hybridized carbons (Fsp3) is 0.222. The maximum Gasteiger partial charge on any atom is 0.402 e. The van der Waals surface area contributed by atoms with Crippen LogP contribution in [0.1, 0.15) is 35.7 Å². The number of unbranched alkanes of at least 4 members (excludes halogenated alkanes) is 1. The standard InChI is InChI=1S/C18H20N2O4S/c1-2-3-14-19-25(22,23)24-20-17(15-10-6-4-7-11-15)18(21)16-12-8-5-9-13-16/h4-13,19H,2-3,14H2,1H3/b20-17+. The van der Waals surface area contributed by atoms with Crippen molar-refractivity contribution in [3.8, 4) is 0 Å². The first kappa shape index (κ1) is 18.8. The quantitative estimate of drug-likeness (QED) is 0.322. The van der Waals surface area contributed by atoms with Gasteiger partial charge in [0.1, 0.15) is 0 Å². The van der Waals surface area contributed by atoms with Crippen LogP contribution in [0.2, 0.25) is 0 Å². The summed E-state index contributed by atoms with van der Waals surface area (Å²) >= 11 is 0. The van der Waals surface area contributed by atoms with Crippen LogP contribution in [0.15, 0.2) is 65.8 Å². The smallest absolute Gasteiger partial charge is 0.287 e. The van der Waals surface area contributed by atoms with Crippen LogP contribution in [0, 0.1) is 0 Å². The molecule has 0 bridgehead atoms. The lowest BCUT2D eigenvalue weighted by molar-refractivity contribution is 0.106. The van der Waals surface area contributed by atoms with Crippen molar-refractivity contribution in [2.24, 2.45) is 5.16 Å². The highest BCUT2D eigenvalue weighted by Crippen LogP contribution is 2.10. The second-order valence-corrected chi connectivity index (χ2v) is 6.62. The monoisotopic (exact) mass is 360 g/mol. The van der Waals surface area contributed by atoms with Gasteiger partial charge in [-0.1, -0.05) is 79.2 Å². The van der Waals surface area contributed by atoms with Gasteiger partial charge in [-0.15, -0.1) is 0 Å². The van der Waals surface area contributed by atoms with E-state index >= 15 is 0 Å². The van der Waals surface area contributed by atoms with Gasteiger partial charge >= 0.3 is 10.3 Å². The average molecular weight is 360 g/mol. The van der Waals surface area contributed by atoms with Crippen molar-refractivity contribution in [1.29, 1.82) is 0 Å². The molecule has 0 aromatic heterocycles. The number of oxime groups is 1. The Balaban J connectivity index is 2.28. The third-order valence-corrected chi connectivity index (χ3v) is 4.16. The summed E-state index contributed by atoms with van der Waals surface area (Å²) in [6.07, 6.45) is 1.52. The Morgan fingerprint density at radius 2 is 1.56 bits per heavy atom. The molecule has 0 aliphatic carbocycles. The number of rotatable bonds is 9. The molecule has 1 N–H and O–H groups in total. The minimum Gasteiger partial charge on any atom is -0.287 e. The van der Waals surface area contributed by atoms with Gasteiger partial charge in [-0.05, 0) is 6.42 Å². The Kier molecular flexibility index (Phi) is 6.85. The topological polar surface area (TPSA) is 84.8 Å². The Morgan fingerprint density at radius 1 is 1.00 bits per heavy atom. The van der Waals surface area contributed by atoms with Crippen molar-refractivity contribution in [3.63, 3.8) is 0 Å². The van der Waals surface area contributed by atoms with E-state index in [0.717, 1.165) is 6.42 Å². The molecule has 2 aromatic rings. The number of benzene rings is 2. The molecule has 2 aromatic carbocycles. The van der Waals surface area contributed by atoms with Crippen LogP contribution in [-0.4, -0.2) is 26.5 Å². The van der Waals surface area contributed by atoms with Gasteiger partial charge in [0.2, 0.25) is 5.78 Å². The van der Waals surface area contributed by atoms with E-state index < -0.39 is 16.1 Å². The molecule has 0 aliphatic rings. The summed E-state index contributed by atoms with van der Waals surface area (Å²) < 4.78 is 30.6. The van der Waals surface area contributed by atoms with E-state index in [0.29, 0.717) is 17.5 Å². The van der Waals surface area contributed by atoms with Crippen LogP contribution in [0.3, 0.4) is 0 Å². The average Bonchev–Trinajstić information content (AvgIpc) is 2.63. The number of nitrogens with zero attached hydrogens (tertiary/aromatic N) is 1. The third-order valence-electron chi connectivity index (χ3n) is 3.33. The molecule has 132 valence electrons. The molecule has 6 nitrogen and oxygen atoms in total. The van der Waals surface area contributed by atoms with E-state index in [1.165, 1.54) is 0 Å². The van der Waals surface area contributed by atoms with Crippen LogP contribution < -0.4 is 4.72 Å². The highest BCUT2D eigenvalue weighted by atomic mass is 32.2. The van der Waals surface area contributed by atoms with Gasteiger partial charge in [-0.25, -0.2) is 0 Å². The third kappa shape index (κ3) is 5.81. The van der Waals surface area contributed by atoms with Gasteiger partial charge in [-0.2, -0.15) is 13.1 Å².